The molecule has 1 amide bonds. The zero-order valence-corrected chi connectivity index (χ0v) is 7.18. The van der Waals surface area contributed by atoms with Crippen LogP contribution in [0.25, 0.3) is 0 Å². The summed E-state index contributed by atoms with van der Waals surface area (Å²) in [6.07, 6.45) is 2.10. The van der Waals surface area contributed by atoms with Crippen LogP contribution in [0.3, 0.4) is 0 Å². The molecule has 0 aromatic carbocycles. The van der Waals surface area contributed by atoms with Crippen molar-refractivity contribution in [1.29, 1.82) is 0 Å². The minimum absolute atomic E-state index is 0.170. The maximum Gasteiger partial charge on any atom is 0.223 e. The van der Waals surface area contributed by atoms with Gasteiger partial charge in [-0.1, -0.05) is 0 Å². The predicted octanol–water partition coefficient (Wildman–Crippen LogP) is 0.250. The van der Waals surface area contributed by atoms with Crippen LogP contribution >= 0.6 is 0 Å². The van der Waals surface area contributed by atoms with Crippen molar-refractivity contribution in [2.45, 2.75) is 32.2 Å². The van der Waals surface area contributed by atoms with Gasteiger partial charge in [0.1, 0.15) is 0 Å². The number of amides is 1. The van der Waals surface area contributed by atoms with E-state index in [1.807, 2.05) is 13.8 Å². The van der Waals surface area contributed by atoms with Crippen molar-refractivity contribution in [3.63, 3.8) is 0 Å². The molecule has 1 aliphatic rings. The van der Waals surface area contributed by atoms with Crippen LogP contribution < -0.4 is 11.1 Å². The molecule has 1 saturated carbocycles. The van der Waals surface area contributed by atoms with Gasteiger partial charge in [0.05, 0.1) is 0 Å². The Kier molecular flexibility index (Phi) is 2.18. The monoisotopic (exact) mass is 156 g/mol. The molecule has 3 heteroatoms. The molecule has 0 heterocycles. The molecule has 1 fully saturated rings. The SMILES string of the molecule is CC(C)(N)CNC(=O)C1CC1. The van der Waals surface area contributed by atoms with E-state index in [1.165, 1.54) is 0 Å². The fraction of sp³-hybridized carbons (Fsp3) is 0.875. The highest BCUT2D eigenvalue weighted by molar-refractivity contribution is 5.80. The zero-order chi connectivity index (χ0) is 8.48. The minimum atomic E-state index is -0.287. The van der Waals surface area contributed by atoms with Gasteiger partial charge in [-0.05, 0) is 26.7 Å². The van der Waals surface area contributed by atoms with E-state index in [-0.39, 0.29) is 17.4 Å². The lowest BCUT2D eigenvalue weighted by atomic mass is 10.1. The second kappa shape index (κ2) is 2.81. The molecule has 0 saturated heterocycles. The van der Waals surface area contributed by atoms with E-state index in [0.717, 1.165) is 12.8 Å². The summed E-state index contributed by atoms with van der Waals surface area (Å²) >= 11 is 0. The van der Waals surface area contributed by atoms with Gasteiger partial charge in [0.25, 0.3) is 0 Å². The third-order valence-electron chi connectivity index (χ3n) is 1.67. The molecule has 0 aromatic heterocycles. The molecule has 11 heavy (non-hydrogen) atoms. The summed E-state index contributed by atoms with van der Waals surface area (Å²) in [5.74, 6) is 0.459. The summed E-state index contributed by atoms with van der Waals surface area (Å²) in [5.41, 5.74) is 5.40. The summed E-state index contributed by atoms with van der Waals surface area (Å²) in [7, 11) is 0. The van der Waals surface area contributed by atoms with Crippen LogP contribution in [0.2, 0.25) is 0 Å². The van der Waals surface area contributed by atoms with Crippen molar-refractivity contribution in [3.05, 3.63) is 0 Å². The summed E-state index contributed by atoms with van der Waals surface area (Å²) in [6, 6.07) is 0. The van der Waals surface area contributed by atoms with E-state index < -0.39 is 0 Å². The van der Waals surface area contributed by atoms with E-state index in [0.29, 0.717) is 6.54 Å². The molecule has 1 aliphatic carbocycles. The van der Waals surface area contributed by atoms with E-state index in [9.17, 15) is 4.79 Å². The molecule has 3 N–H and O–H groups in total. The van der Waals surface area contributed by atoms with Crippen molar-refractivity contribution in [1.82, 2.24) is 5.32 Å². The van der Waals surface area contributed by atoms with Crippen LogP contribution in [0.5, 0.6) is 0 Å². The highest BCUT2D eigenvalue weighted by Gasteiger charge is 2.29. The Morgan fingerprint density at radius 2 is 2.18 bits per heavy atom. The van der Waals surface area contributed by atoms with Gasteiger partial charge >= 0.3 is 0 Å². The van der Waals surface area contributed by atoms with Crippen molar-refractivity contribution < 1.29 is 4.79 Å². The number of rotatable bonds is 3. The molecule has 0 atom stereocenters. The zero-order valence-electron chi connectivity index (χ0n) is 7.18. The fourth-order valence-corrected chi connectivity index (χ4v) is 0.805. The Morgan fingerprint density at radius 3 is 2.55 bits per heavy atom. The number of hydrogen-bond acceptors (Lipinski definition) is 2. The van der Waals surface area contributed by atoms with Crippen LogP contribution in [-0.4, -0.2) is 18.0 Å². The number of carbonyl (C=O) groups excluding carboxylic acids is 1. The molecule has 0 aromatic rings. The Bertz CT molecular complexity index is 156. The first-order chi connectivity index (χ1) is 4.99. The van der Waals surface area contributed by atoms with Gasteiger partial charge in [-0.25, -0.2) is 0 Å². The Morgan fingerprint density at radius 1 is 1.64 bits per heavy atom. The average molecular weight is 156 g/mol. The molecule has 0 spiro atoms. The second-order valence-corrected chi connectivity index (χ2v) is 3.98. The van der Waals surface area contributed by atoms with E-state index in [1.54, 1.807) is 0 Å². The molecule has 64 valence electrons. The van der Waals surface area contributed by atoms with Crippen LogP contribution in [0, 0.1) is 5.92 Å². The van der Waals surface area contributed by atoms with Crippen LogP contribution in [0.15, 0.2) is 0 Å². The standard InChI is InChI=1S/C8H16N2O/c1-8(2,9)5-10-7(11)6-3-4-6/h6H,3-5,9H2,1-2H3,(H,10,11). The third-order valence-corrected chi connectivity index (χ3v) is 1.67. The first-order valence-electron chi connectivity index (χ1n) is 4.06. The van der Waals surface area contributed by atoms with E-state index >= 15 is 0 Å². The van der Waals surface area contributed by atoms with Gasteiger partial charge in [0, 0.05) is 18.0 Å². The summed E-state index contributed by atoms with van der Waals surface area (Å²) < 4.78 is 0. The summed E-state index contributed by atoms with van der Waals surface area (Å²) in [5, 5.41) is 2.82. The maximum absolute atomic E-state index is 11.1. The largest absolute Gasteiger partial charge is 0.354 e. The van der Waals surface area contributed by atoms with Crippen molar-refractivity contribution in [3.8, 4) is 0 Å². The highest BCUT2D eigenvalue weighted by atomic mass is 16.2. The van der Waals surface area contributed by atoms with Gasteiger partial charge < -0.3 is 11.1 Å². The number of nitrogens with two attached hydrogens (primary N) is 1. The molecule has 0 radical (unpaired) electrons. The quantitative estimate of drug-likeness (QED) is 0.615. The lowest BCUT2D eigenvalue weighted by Crippen LogP contribution is -2.45. The minimum Gasteiger partial charge on any atom is -0.354 e. The maximum atomic E-state index is 11.1. The van der Waals surface area contributed by atoms with Gasteiger partial charge in [0.2, 0.25) is 5.91 Å². The van der Waals surface area contributed by atoms with Crippen molar-refractivity contribution in [2.24, 2.45) is 11.7 Å². The summed E-state index contributed by atoms with van der Waals surface area (Å²) in [4.78, 5) is 11.1. The van der Waals surface area contributed by atoms with Crippen LogP contribution in [0.4, 0.5) is 0 Å². The first-order valence-corrected chi connectivity index (χ1v) is 4.06. The van der Waals surface area contributed by atoms with Crippen LogP contribution in [-0.2, 0) is 4.79 Å². The fourth-order valence-electron chi connectivity index (χ4n) is 0.805. The third kappa shape index (κ3) is 3.37. The van der Waals surface area contributed by atoms with Crippen LogP contribution in [0.1, 0.15) is 26.7 Å². The van der Waals surface area contributed by atoms with Gasteiger partial charge in [-0.2, -0.15) is 0 Å². The van der Waals surface area contributed by atoms with Gasteiger partial charge in [0.15, 0.2) is 0 Å². The normalized spacial score (nSPS) is 18.1. The smallest absolute Gasteiger partial charge is 0.223 e. The average Bonchev–Trinajstić information content (AvgIpc) is 2.61. The molecule has 0 aliphatic heterocycles. The number of nitrogens with one attached hydrogen (secondary N) is 1. The van der Waals surface area contributed by atoms with Gasteiger partial charge in [-0.3, -0.25) is 4.79 Å². The second-order valence-electron chi connectivity index (χ2n) is 3.98. The lowest BCUT2D eigenvalue weighted by molar-refractivity contribution is -0.122. The molecular formula is C8H16N2O. The Balaban J connectivity index is 2.16. The molecular weight excluding hydrogens is 140 g/mol. The topological polar surface area (TPSA) is 55.1 Å². The lowest BCUT2D eigenvalue weighted by Gasteiger charge is -2.18. The van der Waals surface area contributed by atoms with Crippen molar-refractivity contribution in [2.75, 3.05) is 6.54 Å². The highest BCUT2D eigenvalue weighted by Crippen LogP contribution is 2.28. The first kappa shape index (κ1) is 8.53. The summed E-state index contributed by atoms with van der Waals surface area (Å²) in [6.45, 7) is 4.38. The predicted molar refractivity (Wildman–Crippen MR) is 44.0 cm³/mol. The van der Waals surface area contributed by atoms with Gasteiger partial charge in [-0.15, -0.1) is 0 Å². The number of carbonyl (C=O) groups is 1. The molecule has 3 nitrogen and oxygen atoms in total. The Labute approximate surface area is 67.3 Å². The number of hydrogen-bond donors (Lipinski definition) is 2. The van der Waals surface area contributed by atoms with E-state index in [2.05, 4.69) is 5.32 Å². The van der Waals surface area contributed by atoms with E-state index in [4.69, 9.17) is 5.73 Å². The van der Waals surface area contributed by atoms with Crippen molar-refractivity contribution >= 4 is 5.91 Å². The molecule has 0 unspecified atom stereocenters. The molecule has 1 rings (SSSR count). The molecule has 0 bridgehead atoms. The Hall–Kier alpha value is -0.570.